The molecule has 0 bridgehead atoms. The molecule has 0 fully saturated rings. The number of pyridine rings is 1. The van der Waals surface area contributed by atoms with E-state index in [1.807, 2.05) is 48.5 Å². The molecule has 6 heteroatoms. The van der Waals surface area contributed by atoms with Gasteiger partial charge in [-0.25, -0.2) is 0 Å². The Bertz CT molecular complexity index is 3000. The fourth-order valence-corrected chi connectivity index (χ4v) is 9.43. The normalized spacial score (nSPS) is 11.3. The van der Waals surface area contributed by atoms with E-state index < -0.39 is 8.07 Å². The van der Waals surface area contributed by atoms with Crippen LogP contribution >= 0.6 is 0 Å². The summed E-state index contributed by atoms with van der Waals surface area (Å²) >= 11 is 0. The number of rotatable bonds is 6. The second-order valence-electron chi connectivity index (χ2n) is 15.3. The van der Waals surface area contributed by atoms with Gasteiger partial charge in [0.05, 0.1) is 30.5 Å². The monoisotopic (exact) mass is 944 g/mol. The molecule has 0 aliphatic heterocycles. The molecule has 0 spiro atoms. The van der Waals surface area contributed by atoms with Crippen LogP contribution in [0.4, 0.5) is 0 Å². The molecule has 0 N–H and O–H groups in total. The van der Waals surface area contributed by atoms with Crippen LogP contribution in [0.25, 0.3) is 83.6 Å². The average Bonchev–Trinajstić information content (AvgIpc) is 3.83. The molecule has 7 aromatic carbocycles. The number of imidazole rings is 1. The molecule has 3 aromatic heterocycles. The number of hydrogen-bond donors (Lipinski definition) is 0. The summed E-state index contributed by atoms with van der Waals surface area (Å²) in [6.07, 6.45) is 2.05. The van der Waals surface area contributed by atoms with E-state index in [4.69, 9.17) is 9.40 Å². The first-order valence-electron chi connectivity index (χ1n) is 19.3. The second-order valence-corrected chi connectivity index (χ2v) is 20.4. The van der Waals surface area contributed by atoms with E-state index in [1.165, 1.54) is 21.9 Å². The molecule has 0 amide bonds. The maximum absolute atomic E-state index is 6.43. The number of aryl methyl sites for hydroxylation is 1. The molecule has 10 aromatic rings. The number of nitrogens with zero attached hydrogens (tertiary/aromatic N) is 3. The Hall–Kier alpha value is -6.17. The molecule has 0 unspecified atom stereocenters. The van der Waals surface area contributed by atoms with Crippen LogP contribution in [0.5, 0.6) is 0 Å². The molecule has 1 radical (unpaired) electrons. The molecule has 4 nitrogen and oxygen atoms in total. The summed E-state index contributed by atoms with van der Waals surface area (Å²) in [5.41, 5.74) is 13.6. The van der Waals surface area contributed by atoms with Gasteiger partial charge in [-0.2, -0.15) is 0 Å². The van der Waals surface area contributed by atoms with E-state index in [0.29, 0.717) is 0 Å². The van der Waals surface area contributed by atoms with Crippen LogP contribution in [0.15, 0.2) is 180 Å². The van der Waals surface area contributed by atoms with Crippen molar-refractivity contribution in [3.63, 3.8) is 0 Å². The maximum Gasteiger partial charge on any atom is 0.120 e. The topological polar surface area (TPSA) is 43.9 Å². The van der Waals surface area contributed by atoms with Crippen LogP contribution in [-0.2, 0) is 20.1 Å². The molecular formula is C52H41IrN3OSi-2. The molecule has 0 saturated carbocycles. The summed E-state index contributed by atoms with van der Waals surface area (Å²) in [6, 6.07) is 65.1. The minimum atomic E-state index is -1.27. The molecule has 10 rings (SSSR count). The first kappa shape index (κ1) is 38.7. The van der Waals surface area contributed by atoms with Gasteiger partial charge in [-0.3, -0.25) is 4.98 Å². The van der Waals surface area contributed by atoms with Crippen LogP contribution in [0.1, 0.15) is 5.56 Å². The van der Waals surface area contributed by atoms with Crippen molar-refractivity contribution in [3.05, 3.63) is 194 Å². The van der Waals surface area contributed by atoms with Crippen molar-refractivity contribution in [1.29, 1.82) is 0 Å². The van der Waals surface area contributed by atoms with Gasteiger partial charge in [-0.05, 0) is 64.8 Å². The first-order chi connectivity index (χ1) is 27.8. The zero-order valence-electron chi connectivity index (χ0n) is 32.8. The summed E-state index contributed by atoms with van der Waals surface area (Å²) in [5, 5.41) is 3.59. The zero-order chi connectivity index (χ0) is 38.9. The number of aromatic nitrogens is 3. The van der Waals surface area contributed by atoms with Crippen LogP contribution in [0.3, 0.4) is 0 Å². The Morgan fingerprint density at radius 1 is 0.621 bits per heavy atom. The predicted molar refractivity (Wildman–Crippen MR) is 240 cm³/mol. The molecule has 285 valence electrons. The molecule has 0 aliphatic carbocycles. The van der Waals surface area contributed by atoms with Gasteiger partial charge in [0.1, 0.15) is 5.58 Å². The van der Waals surface area contributed by atoms with E-state index in [0.717, 1.165) is 72.4 Å². The average molecular weight is 944 g/mol. The first-order valence-corrected chi connectivity index (χ1v) is 22.8. The van der Waals surface area contributed by atoms with E-state index >= 15 is 0 Å². The van der Waals surface area contributed by atoms with Crippen LogP contribution in [-0.4, -0.2) is 22.6 Å². The molecule has 0 aliphatic rings. The van der Waals surface area contributed by atoms with Gasteiger partial charge in [0, 0.05) is 42.9 Å². The maximum atomic E-state index is 6.43. The summed E-state index contributed by atoms with van der Waals surface area (Å²) in [7, 11) is -1.27. The van der Waals surface area contributed by atoms with Gasteiger partial charge in [-0.15, -0.1) is 54.1 Å². The summed E-state index contributed by atoms with van der Waals surface area (Å²) in [4.78, 5) is 9.75. The van der Waals surface area contributed by atoms with Crippen molar-refractivity contribution in [3.8, 4) is 50.6 Å². The SMILES string of the molecule is Cc1cc(-c2[c-]cccc2)ncc1[Si](C)(C)C.[Ir].[c-]1ccc2c(oc3ccccc32)c1-c1nc2ccccc2n1-c1ccc(-c2ccccc2)cc1-c1ccccc1. The second kappa shape index (κ2) is 16.4. The Morgan fingerprint density at radius 2 is 1.33 bits per heavy atom. The number of benzene rings is 7. The molecule has 0 saturated heterocycles. The minimum Gasteiger partial charge on any atom is -0.501 e. The minimum absolute atomic E-state index is 0. The van der Waals surface area contributed by atoms with Crippen molar-refractivity contribution < 1.29 is 24.5 Å². The Labute approximate surface area is 354 Å². The Kier molecular flexibility index (Phi) is 10.9. The smallest absolute Gasteiger partial charge is 0.120 e. The van der Waals surface area contributed by atoms with E-state index in [9.17, 15) is 0 Å². The third-order valence-corrected chi connectivity index (χ3v) is 12.6. The van der Waals surface area contributed by atoms with E-state index in [-0.39, 0.29) is 20.1 Å². The molecule has 3 heterocycles. The van der Waals surface area contributed by atoms with Gasteiger partial charge in [0.25, 0.3) is 0 Å². The fraction of sp³-hybridized carbons (Fsp3) is 0.0769. The van der Waals surface area contributed by atoms with Crippen LogP contribution in [0.2, 0.25) is 19.6 Å². The van der Waals surface area contributed by atoms with E-state index in [1.54, 1.807) is 0 Å². The van der Waals surface area contributed by atoms with Crippen molar-refractivity contribution in [2.24, 2.45) is 0 Å². The molecule has 58 heavy (non-hydrogen) atoms. The molecular weight excluding hydrogens is 903 g/mol. The number of furan rings is 1. The standard InChI is InChI=1S/C37H23N2O.C15H18NSi.Ir/c1-3-12-25(13-4-1)27-22-23-33(31(24-27)26-14-5-2-6-15-26)39-34-20-9-8-19-32(34)38-37(39)30-18-11-17-29-28-16-7-10-21-35(28)40-36(29)30;1-12-10-14(13-8-6-5-7-9-13)16-11-15(12)17(2,3)4;/h1-17,19-24H;5-8,10-11H,1-4H3;/q2*-1;. The van der Waals surface area contributed by atoms with Crippen LogP contribution < -0.4 is 5.19 Å². The van der Waals surface area contributed by atoms with E-state index in [2.05, 4.69) is 176 Å². The largest absolute Gasteiger partial charge is 0.501 e. The van der Waals surface area contributed by atoms with Gasteiger partial charge in [-0.1, -0.05) is 139 Å². The zero-order valence-corrected chi connectivity index (χ0v) is 36.2. The Balaban J connectivity index is 0.000000220. The number of para-hydroxylation sites is 3. The number of fused-ring (bicyclic) bond motifs is 4. The van der Waals surface area contributed by atoms with Gasteiger partial charge < -0.3 is 14.0 Å². The third kappa shape index (κ3) is 7.50. The van der Waals surface area contributed by atoms with Gasteiger partial charge in [0.2, 0.25) is 0 Å². The Morgan fingerprint density at radius 3 is 2.07 bits per heavy atom. The van der Waals surface area contributed by atoms with Crippen LogP contribution in [0, 0.1) is 19.1 Å². The van der Waals surface area contributed by atoms with Crippen molar-refractivity contribution >= 4 is 46.2 Å². The number of hydrogen-bond acceptors (Lipinski definition) is 3. The quantitative estimate of drug-likeness (QED) is 0.123. The van der Waals surface area contributed by atoms with Crippen molar-refractivity contribution in [1.82, 2.24) is 14.5 Å². The fourth-order valence-electron chi connectivity index (χ4n) is 7.73. The van der Waals surface area contributed by atoms with Crippen molar-refractivity contribution in [2.45, 2.75) is 26.6 Å². The molecule has 0 atom stereocenters. The van der Waals surface area contributed by atoms with Crippen molar-refractivity contribution in [2.75, 3.05) is 0 Å². The predicted octanol–water partition coefficient (Wildman–Crippen LogP) is 13.1. The van der Waals surface area contributed by atoms with Gasteiger partial charge >= 0.3 is 0 Å². The third-order valence-electron chi connectivity index (χ3n) is 10.5. The summed E-state index contributed by atoms with van der Waals surface area (Å²) in [5.74, 6) is 0.801. The summed E-state index contributed by atoms with van der Waals surface area (Å²) < 4.78 is 8.69. The summed E-state index contributed by atoms with van der Waals surface area (Å²) in [6.45, 7) is 9.24. The van der Waals surface area contributed by atoms with Gasteiger partial charge in [0.15, 0.2) is 0 Å².